The SMILES string of the molecule is CC(=O)C1=COC[C@@H]2C(C)=CC[C@H]12. The van der Waals surface area contributed by atoms with E-state index in [0.717, 1.165) is 18.6 Å². The summed E-state index contributed by atoms with van der Waals surface area (Å²) in [5, 5.41) is 0. The summed E-state index contributed by atoms with van der Waals surface area (Å²) in [6, 6.07) is 0. The van der Waals surface area contributed by atoms with Gasteiger partial charge in [0, 0.05) is 17.4 Å². The van der Waals surface area contributed by atoms with Crippen LogP contribution in [-0.2, 0) is 9.53 Å². The summed E-state index contributed by atoms with van der Waals surface area (Å²) >= 11 is 0. The standard InChI is InChI=1S/C11H14O2/c1-7-3-4-9-10(7)5-13-6-11(9)8(2)12/h3,6,9-10H,4-5H2,1-2H3/t9-,10+/m0/s1. The Labute approximate surface area is 78.3 Å². The largest absolute Gasteiger partial charge is 0.500 e. The van der Waals surface area contributed by atoms with E-state index in [1.807, 2.05) is 0 Å². The van der Waals surface area contributed by atoms with E-state index < -0.39 is 0 Å². The van der Waals surface area contributed by atoms with Gasteiger partial charge in [-0.1, -0.05) is 11.6 Å². The van der Waals surface area contributed by atoms with Gasteiger partial charge in [-0.2, -0.15) is 0 Å². The van der Waals surface area contributed by atoms with Crippen LogP contribution in [0.4, 0.5) is 0 Å². The lowest BCUT2D eigenvalue weighted by Crippen LogP contribution is -2.25. The van der Waals surface area contributed by atoms with Crippen LogP contribution in [0.2, 0.25) is 0 Å². The van der Waals surface area contributed by atoms with Crippen LogP contribution in [0.15, 0.2) is 23.5 Å². The molecule has 1 heterocycles. The minimum atomic E-state index is 0.151. The first-order valence-corrected chi connectivity index (χ1v) is 4.69. The highest BCUT2D eigenvalue weighted by Gasteiger charge is 2.34. The van der Waals surface area contributed by atoms with Gasteiger partial charge in [-0.15, -0.1) is 0 Å². The molecule has 0 saturated heterocycles. The van der Waals surface area contributed by atoms with Crippen LogP contribution in [0, 0.1) is 11.8 Å². The number of hydrogen-bond donors (Lipinski definition) is 0. The lowest BCUT2D eigenvalue weighted by molar-refractivity contribution is -0.114. The Bertz CT molecular complexity index is 299. The Hall–Kier alpha value is -1.05. The van der Waals surface area contributed by atoms with Crippen LogP contribution in [-0.4, -0.2) is 12.4 Å². The third-order valence-corrected chi connectivity index (χ3v) is 3.06. The first-order chi connectivity index (χ1) is 6.20. The fourth-order valence-electron chi connectivity index (χ4n) is 2.21. The van der Waals surface area contributed by atoms with Gasteiger partial charge in [-0.05, 0) is 20.3 Å². The summed E-state index contributed by atoms with van der Waals surface area (Å²) in [7, 11) is 0. The fraction of sp³-hybridized carbons (Fsp3) is 0.545. The Morgan fingerprint density at radius 1 is 1.54 bits per heavy atom. The summed E-state index contributed by atoms with van der Waals surface area (Å²) in [6.07, 6.45) is 4.88. The van der Waals surface area contributed by atoms with Gasteiger partial charge in [0.2, 0.25) is 0 Å². The van der Waals surface area contributed by atoms with Gasteiger partial charge >= 0.3 is 0 Å². The smallest absolute Gasteiger partial charge is 0.159 e. The molecule has 0 aromatic carbocycles. The van der Waals surface area contributed by atoms with Crippen molar-refractivity contribution >= 4 is 5.78 Å². The number of ether oxygens (including phenoxy) is 1. The third-order valence-electron chi connectivity index (χ3n) is 3.06. The average Bonchev–Trinajstić information content (AvgIpc) is 2.48. The summed E-state index contributed by atoms with van der Waals surface area (Å²) in [5.74, 6) is 0.993. The van der Waals surface area contributed by atoms with Crippen LogP contribution in [0.5, 0.6) is 0 Å². The Morgan fingerprint density at radius 2 is 2.31 bits per heavy atom. The van der Waals surface area contributed by atoms with Crippen molar-refractivity contribution in [3.05, 3.63) is 23.5 Å². The van der Waals surface area contributed by atoms with Crippen molar-refractivity contribution in [1.29, 1.82) is 0 Å². The minimum absolute atomic E-state index is 0.151. The zero-order chi connectivity index (χ0) is 9.42. The summed E-state index contributed by atoms with van der Waals surface area (Å²) in [5.41, 5.74) is 2.24. The summed E-state index contributed by atoms with van der Waals surface area (Å²) in [4.78, 5) is 11.3. The zero-order valence-electron chi connectivity index (χ0n) is 8.04. The lowest BCUT2D eigenvalue weighted by Gasteiger charge is -2.27. The number of hydrogen-bond acceptors (Lipinski definition) is 2. The van der Waals surface area contributed by atoms with Crippen molar-refractivity contribution in [3.8, 4) is 0 Å². The molecule has 2 atom stereocenters. The minimum Gasteiger partial charge on any atom is -0.500 e. The van der Waals surface area contributed by atoms with Crippen LogP contribution in [0.1, 0.15) is 20.3 Å². The predicted octanol–water partition coefficient (Wildman–Crippen LogP) is 2.07. The van der Waals surface area contributed by atoms with Crippen LogP contribution < -0.4 is 0 Å². The van der Waals surface area contributed by atoms with E-state index in [4.69, 9.17) is 4.74 Å². The predicted molar refractivity (Wildman–Crippen MR) is 50.1 cm³/mol. The highest BCUT2D eigenvalue weighted by Crippen LogP contribution is 2.39. The Morgan fingerprint density at radius 3 is 3.00 bits per heavy atom. The van der Waals surface area contributed by atoms with Crippen LogP contribution >= 0.6 is 0 Å². The van der Waals surface area contributed by atoms with Crippen LogP contribution in [0.25, 0.3) is 0 Å². The summed E-state index contributed by atoms with van der Waals surface area (Å²) in [6.45, 7) is 4.48. The second kappa shape index (κ2) is 3.02. The van der Waals surface area contributed by atoms with Gasteiger partial charge in [0.25, 0.3) is 0 Å². The molecule has 2 heteroatoms. The van der Waals surface area contributed by atoms with E-state index in [1.54, 1.807) is 13.2 Å². The van der Waals surface area contributed by atoms with Gasteiger partial charge in [0.15, 0.2) is 5.78 Å². The number of Topliss-reactive ketones (excluding diaryl/α,β-unsaturated/α-hetero) is 1. The lowest BCUT2D eigenvalue weighted by atomic mass is 9.84. The van der Waals surface area contributed by atoms with E-state index in [9.17, 15) is 4.79 Å². The third kappa shape index (κ3) is 1.30. The molecule has 70 valence electrons. The highest BCUT2D eigenvalue weighted by molar-refractivity contribution is 5.93. The first-order valence-electron chi connectivity index (χ1n) is 4.69. The maximum Gasteiger partial charge on any atom is 0.159 e. The van der Waals surface area contributed by atoms with Crippen molar-refractivity contribution in [1.82, 2.24) is 0 Å². The molecule has 0 saturated carbocycles. The number of rotatable bonds is 1. The van der Waals surface area contributed by atoms with Crippen molar-refractivity contribution < 1.29 is 9.53 Å². The molecule has 2 aliphatic rings. The Balaban J connectivity index is 2.25. The Kier molecular flexibility index (Phi) is 1.98. The molecule has 0 N–H and O–H groups in total. The van der Waals surface area contributed by atoms with E-state index in [2.05, 4.69) is 13.0 Å². The molecule has 0 spiro atoms. The quantitative estimate of drug-likeness (QED) is 0.574. The number of fused-ring (bicyclic) bond motifs is 1. The molecular formula is C11H14O2. The molecule has 0 fully saturated rings. The molecule has 1 aliphatic heterocycles. The molecule has 0 amide bonds. The van der Waals surface area contributed by atoms with Crippen molar-refractivity contribution in [3.63, 3.8) is 0 Å². The van der Waals surface area contributed by atoms with Gasteiger partial charge < -0.3 is 4.74 Å². The normalized spacial score (nSPS) is 31.5. The molecule has 13 heavy (non-hydrogen) atoms. The maximum atomic E-state index is 11.3. The highest BCUT2D eigenvalue weighted by atomic mass is 16.5. The van der Waals surface area contributed by atoms with E-state index >= 15 is 0 Å². The monoisotopic (exact) mass is 178 g/mol. The maximum absolute atomic E-state index is 11.3. The molecule has 0 bridgehead atoms. The molecule has 2 rings (SSSR count). The first kappa shape index (κ1) is 8.54. The topological polar surface area (TPSA) is 26.3 Å². The van der Waals surface area contributed by atoms with Crippen molar-refractivity contribution in [2.24, 2.45) is 11.8 Å². The number of carbonyl (C=O) groups excluding carboxylic acids is 1. The van der Waals surface area contributed by atoms with Gasteiger partial charge in [0.05, 0.1) is 12.9 Å². The zero-order valence-corrected chi connectivity index (χ0v) is 8.04. The van der Waals surface area contributed by atoms with Crippen LogP contribution in [0.3, 0.4) is 0 Å². The van der Waals surface area contributed by atoms with E-state index in [1.165, 1.54) is 5.57 Å². The molecule has 0 aromatic heterocycles. The van der Waals surface area contributed by atoms with Crippen molar-refractivity contribution in [2.45, 2.75) is 20.3 Å². The molecule has 0 aromatic rings. The average molecular weight is 178 g/mol. The van der Waals surface area contributed by atoms with E-state index in [-0.39, 0.29) is 5.78 Å². The second-order valence-electron chi connectivity index (χ2n) is 3.86. The fourth-order valence-corrected chi connectivity index (χ4v) is 2.21. The van der Waals surface area contributed by atoms with Gasteiger partial charge in [-0.25, -0.2) is 0 Å². The van der Waals surface area contributed by atoms with Gasteiger partial charge in [0.1, 0.15) is 0 Å². The van der Waals surface area contributed by atoms with Crippen molar-refractivity contribution in [2.75, 3.05) is 6.61 Å². The summed E-state index contributed by atoms with van der Waals surface area (Å²) < 4.78 is 5.30. The molecular weight excluding hydrogens is 164 g/mol. The number of carbonyl (C=O) groups is 1. The molecule has 1 aliphatic carbocycles. The second-order valence-corrected chi connectivity index (χ2v) is 3.86. The number of allylic oxidation sites excluding steroid dienone is 2. The molecule has 0 radical (unpaired) electrons. The molecule has 0 unspecified atom stereocenters. The van der Waals surface area contributed by atoms with Gasteiger partial charge in [-0.3, -0.25) is 4.79 Å². The molecule has 2 nitrogen and oxygen atoms in total. The van der Waals surface area contributed by atoms with E-state index in [0.29, 0.717) is 11.8 Å². The number of ketones is 1.